The maximum Gasteiger partial charge on any atom is 0.244 e. The highest BCUT2D eigenvalue weighted by atomic mass is 16.5. The van der Waals surface area contributed by atoms with Gasteiger partial charge in [-0.2, -0.15) is 0 Å². The van der Waals surface area contributed by atoms with Crippen LogP contribution in [0.4, 0.5) is 5.69 Å². The Hall–Kier alpha value is -1.43. The monoisotopic (exact) mass is 278 g/mol. The van der Waals surface area contributed by atoms with E-state index in [9.17, 15) is 9.90 Å². The first-order valence-corrected chi connectivity index (χ1v) is 6.87. The minimum absolute atomic E-state index is 0.100. The lowest BCUT2D eigenvalue weighted by atomic mass is 10.2. The van der Waals surface area contributed by atoms with Crippen LogP contribution >= 0.6 is 0 Å². The molecule has 1 aromatic carbocycles. The second kappa shape index (κ2) is 6.83. The summed E-state index contributed by atoms with van der Waals surface area (Å²) in [5, 5.41) is 9.76. The molecule has 0 aromatic heterocycles. The molecule has 0 aliphatic carbocycles. The number of hydrogen-bond donors (Lipinski definition) is 1. The third-order valence-corrected chi connectivity index (χ3v) is 3.63. The van der Waals surface area contributed by atoms with E-state index in [2.05, 4.69) is 0 Å². The van der Waals surface area contributed by atoms with Gasteiger partial charge in [0, 0.05) is 25.9 Å². The molecule has 0 spiro atoms. The van der Waals surface area contributed by atoms with Crippen molar-refractivity contribution in [2.24, 2.45) is 0 Å². The maximum atomic E-state index is 12.5. The number of rotatable bonds is 6. The first kappa shape index (κ1) is 15.0. The van der Waals surface area contributed by atoms with E-state index in [0.717, 1.165) is 18.7 Å². The number of amides is 1. The van der Waals surface area contributed by atoms with E-state index in [0.29, 0.717) is 6.54 Å². The van der Waals surface area contributed by atoms with Gasteiger partial charge in [-0.3, -0.25) is 9.69 Å². The maximum absolute atomic E-state index is 12.5. The molecule has 2 unspecified atom stereocenters. The fourth-order valence-corrected chi connectivity index (χ4v) is 2.64. The molecule has 2 atom stereocenters. The van der Waals surface area contributed by atoms with Gasteiger partial charge >= 0.3 is 0 Å². The number of nitrogens with zero attached hydrogens (tertiary/aromatic N) is 2. The Bertz CT molecular complexity index is 438. The Kier molecular flexibility index (Phi) is 5.11. The largest absolute Gasteiger partial charge is 0.389 e. The number of ether oxygens (including phenoxy) is 1. The average Bonchev–Trinajstić information content (AvgIpc) is 2.82. The molecule has 5 heteroatoms. The molecule has 20 heavy (non-hydrogen) atoms. The van der Waals surface area contributed by atoms with E-state index in [1.54, 1.807) is 7.11 Å². The Morgan fingerprint density at radius 2 is 2.15 bits per heavy atom. The van der Waals surface area contributed by atoms with Gasteiger partial charge in [0.25, 0.3) is 0 Å². The molecule has 1 aromatic rings. The van der Waals surface area contributed by atoms with Gasteiger partial charge in [-0.25, -0.2) is 0 Å². The van der Waals surface area contributed by atoms with Crippen LogP contribution in [-0.2, 0) is 9.53 Å². The van der Waals surface area contributed by atoms with Gasteiger partial charge in [0.05, 0.1) is 18.8 Å². The summed E-state index contributed by atoms with van der Waals surface area (Å²) in [6, 6.07) is 9.53. The van der Waals surface area contributed by atoms with E-state index in [1.165, 1.54) is 0 Å². The van der Waals surface area contributed by atoms with E-state index < -0.39 is 6.10 Å². The van der Waals surface area contributed by atoms with E-state index in [4.69, 9.17) is 4.74 Å². The smallest absolute Gasteiger partial charge is 0.244 e. The molecule has 0 saturated carbocycles. The highest BCUT2D eigenvalue weighted by molar-refractivity contribution is 5.99. The number of benzene rings is 1. The van der Waals surface area contributed by atoms with Crippen molar-refractivity contribution in [2.45, 2.75) is 18.6 Å². The van der Waals surface area contributed by atoms with Gasteiger partial charge < -0.3 is 14.7 Å². The van der Waals surface area contributed by atoms with Gasteiger partial charge in [0.1, 0.15) is 0 Å². The third-order valence-electron chi connectivity index (χ3n) is 3.63. The predicted molar refractivity (Wildman–Crippen MR) is 77.7 cm³/mol. The molecule has 1 aliphatic rings. The van der Waals surface area contributed by atoms with E-state index in [1.807, 2.05) is 47.2 Å². The Labute approximate surface area is 119 Å². The number of aliphatic hydroxyl groups is 1. The average molecular weight is 278 g/mol. The van der Waals surface area contributed by atoms with Crippen molar-refractivity contribution in [1.82, 2.24) is 4.90 Å². The van der Waals surface area contributed by atoms with Crippen LogP contribution in [0.3, 0.4) is 0 Å². The van der Waals surface area contributed by atoms with Crippen LogP contribution in [0.2, 0.25) is 0 Å². The molecule has 110 valence electrons. The van der Waals surface area contributed by atoms with Crippen LogP contribution < -0.4 is 4.90 Å². The van der Waals surface area contributed by atoms with Crippen LogP contribution in [0.25, 0.3) is 0 Å². The Balaban J connectivity index is 1.97. The third kappa shape index (κ3) is 3.36. The van der Waals surface area contributed by atoms with Gasteiger partial charge in [0.2, 0.25) is 5.91 Å². The van der Waals surface area contributed by atoms with Crippen molar-refractivity contribution >= 4 is 11.6 Å². The van der Waals surface area contributed by atoms with Crippen molar-refractivity contribution in [3.63, 3.8) is 0 Å². The van der Waals surface area contributed by atoms with Crippen molar-refractivity contribution < 1.29 is 14.6 Å². The Morgan fingerprint density at radius 3 is 2.80 bits per heavy atom. The molecular weight excluding hydrogens is 256 g/mol. The number of para-hydroxylation sites is 1. The lowest BCUT2D eigenvalue weighted by Gasteiger charge is -2.25. The van der Waals surface area contributed by atoms with Gasteiger partial charge in [-0.1, -0.05) is 18.2 Å². The summed E-state index contributed by atoms with van der Waals surface area (Å²) >= 11 is 0. The minimum Gasteiger partial charge on any atom is -0.389 e. The second-order valence-electron chi connectivity index (χ2n) is 5.18. The quantitative estimate of drug-likeness (QED) is 0.833. The summed E-state index contributed by atoms with van der Waals surface area (Å²) in [5.41, 5.74) is 0.936. The second-order valence-corrected chi connectivity index (χ2v) is 5.18. The number of hydrogen-bond acceptors (Lipinski definition) is 4. The van der Waals surface area contributed by atoms with E-state index >= 15 is 0 Å². The zero-order chi connectivity index (χ0) is 14.5. The first-order valence-electron chi connectivity index (χ1n) is 6.87. The number of aliphatic hydroxyl groups excluding tert-OH is 1. The molecule has 1 N–H and O–H groups in total. The lowest BCUT2D eigenvalue weighted by Crippen LogP contribution is -2.43. The molecule has 5 nitrogen and oxygen atoms in total. The summed E-state index contributed by atoms with van der Waals surface area (Å²) < 4.78 is 4.91. The molecule has 1 fully saturated rings. The summed E-state index contributed by atoms with van der Waals surface area (Å²) in [7, 11) is 3.43. The zero-order valence-corrected chi connectivity index (χ0v) is 12.0. The van der Waals surface area contributed by atoms with Crippen molar-refractivity contribution in [1.29, 1.82) is 0 Å². The van der Waals surface area contributed by atoms with Crippen LogP contribution in [-0.4, -0.2) is 61.9 Å². The summed E-state index contributed by atoms with van der Waals surface area (Å²) in [6.07, 6.45) is 0.216. The van der Waals surface area contributed by atoms with Gasteiger partial charge in [-0.15, -0.1) is 0 Å². The molecule has 1 saturated heterocycles. The van der Waals surface area contributed by atoms with Gasteiger partial charge in [0.15, 0.2) is 0 Å². The topological polar surface area (TPSA) is 53.0 Å². The Morgan fingerprint density at radius 1 is 1.45 bits per heavy atom. The molecular formula is C15H22N2O3. The van der Waals surface area contributed by atoms with Crippen LogP contribution in [0, 0.1) is 0 Å². The van der Waals surface area contributed by atoms with E-state index in [-0.39, 0.29) is 18.6 Å². The fourth-order valence-electron chi connectivity index (χ4n) is 2.64. The first-order chi connectivity index (χ1) is 9.63. The van der Waals surface area contributed by atoms with Crippen molar-refractivity contribution in [3.8, 4) is 0 Å². The minimum atomic E-state index is -0.566. The molecule has 1 heterocycles. The molecule has 1 aliphatic heterocycles. The summed E-state index contributed by atoms with van der Waals surface area (Å²) in [6.45, 7) is 1.44. The standard InChI is InChI=1S/C15H22N2O3/c1-16(10-13(18)11-20-2)14-8-9-17(15(14)19)12-6-4-3-5-7-12/h3-7,13-14,18H,8-11H2,1-2H3. The highest BCUT2D eigenvalue weighted by Gasteiger charge is 2.35. The van der Waals surface area contributed by atoms with Crippen LogP contribution in [0.5, 0.6) is 0 Å². The van der Waals surface area contributed by atoms with Crippen LogP contribution in [0.1, 0.15) is 6.42 Å². The number of anilines is 1. The van der Waals surface area contributed by atoms with Gasteiger partial charge in [-0.05, 0) is 25.6 Å². The summed E-state index contributed by atoms with van der Waals surface area (Å²) in [5.74, 6) is 0.100. The number of methoxy groups -OCH3 is 1. The SMILES string of the molecule is COCC(O)CN(C)C1CCN(c2ccccc2)C1=O. The molecule has 0 bridgehead atoms. The van der Waals surface area contributed by atoms with Crippen molar-refractivity contribution in [2.75, 3.05) is 38.8 Å². The number of likely N-dealkylation sites (N-methyl/N-ethyl adjacent to an activating group) is 1. The number of carbonyl (C=O) groups excluding carboxylic acids is 1. The normalized spacial score (nSPS) is 20.7. The number of carbonyl (C=O) groups is 1. The zero-order valence-electron chi connectivity index (χ0n) is 12.0. The molecule has 2 rings (SSSR count). The molecule has 1 amide bonds. The summed E-state index contributed by atoms with van der Waals surface area (Å²) in [4.78, 5) is 16.2. The molecule has 0 radical (unpaired) electrons. The lowest BCUT2D eigenvalue weighted by molar-refractivity contribution is -0.121. The van der Waals surface area contributed by atoms with Crippen molar-refractivity contribution in [3.05, 3.63) is 30.3 Å². The predicted octanol–water partition coefficient (Wildman–Crippen LogP) is 0.731. The fraction of sp³-hybridized carbons (Fsp3) is 0.533. The highest BCUT2D eigenvalue weighted by Crippen LogP contribution is 2.23. The van der Waals surface area contributed by atoms with Crippen LogP contribution in [0.15, 0.2) is 30.3 Å².